The first-order chi connectivity index (χ1) is 16.1. The number of ether oxygens (including phenoxy) is 2. The fraction of sp³-hybridized carbons (Fsp3) is 0.125. The van der Waals surface area contributed by atoms with E-state index in [0.29, 0.717) is 28.4 Å². The molecule has 1 heterocycles. The van der Waals surface area contributed by atoms with Gasteiger partial charge in [-0.1, -0.05) is 36.0 Å². The van der Waals surface area contributed by atoms with Crippen LogP contribution < -0.4 is 20.3 Å². The molecule has 0 atom stereocenters. The molecular formula is C24H22N4O4S. The van der Waals surface area contributed by atoms with E-state index < -0.39 is 11.8 Å². The van der Waals surface area contributed by atoms with Crippen molar-refractivity contribution in [2.24, 2.45) is 0 Å². The lowest BCUT2D eigenvalue weighted by Crippen LogP contribution is -2.41. The number of para-hydroxylation sites is 2. The molecule has 33 heavy (non-hydrogen) atoms. The number of hydrazine groups is 1. The van der Waals surface area contributed by atoms with E-state index in [1.807, 2.05) is 36.4 Å². The number of imidazole rings is 1. The molecule has 0 radical (unpaired) electrons. The summed E-state index contributed by atoms with van der Waals surface area (Å²) in [5.74, 6) is 0.744. The number of benzene rings is 3. The topological polar surface area (TPSA) is 105 Å². The summed E-state index contributed by atoms with van der Waals surface area (Å²) in [5.41, 5.74) is 8.53. The van der Waals surface area contributed by atoms with E-state index in [-0.39, 0.29) is 0 Å². The maximum absolute atomic E-state index is 12.4. The quantitative estimate of drug-likeness (QED) is 0.284. The fourth-order valence-electron chi connectivity index (χ4n) is 3.10. The highest BCUT2D eigenvalue weighted by molar-refractivity contribution is 7.98. The molecule has 0 aliphatic heterocycles. The first kappa shape index (κ1) is 22.2. The zero-order chi connectivity index (χ0) is 23.2. The van der Waals surface area contributed by atoms with Gasteiger partial charge in [0.2, 0.25) is 0 Å². The van der Waals surface area contributed by atoms with Gasteiger partial charge in [-0.3, -0.25) is 20.4 Å². The Bertz CT molecular complexity index is 1230. The summed E-state index contributed by atoms with van der Waals surface area (Å²) in [6, 6.07) is 19.8. The summed E-state index contributed by atoms with van der Waals surface area (Å²) in [5, 5.41) is 0.843. The third kappa shape index (κ3) is 5.45. The van der Waals surface area contributed by atoms with E-state index in [4.69, 9.17) is 9.47 Å². The average molecular weight is 463 g/mol. The number of fused-ring (bicyclic) bond motifs is 1. The minimum absolute atomic E-state index is 0.296. The molecule has 9 heteroatoms. The number of carbonyl (C=O) groups excluding carboxylic acids is 2. The van der Waals surface area contributed by atoms with Gasteiger partial charge in [-0.15, -0.1) is 0 Å². The molecule has 0 aliphatic carbocycles. The van der Waals surface area contributed by atoms with E-state index in [9.17, 15) is 9.59 Å². The zero-order valence-electron chi connectivity index (χ0n) is 18.0. The minimum atomic E-state index is -0.487. The van der Waals surface area contributed by atoms with Crippen LogP contribution in [0.15, 0.2) is 71.9 Å². The van der Waals surface area contributed by atoms with Crippen LogP contribution in [0.5, 0.6) is 11.5 Å². The van der Waals surface area contributed by atoms with Gasteiger partial charge in [0.15, 0.2) is 5.16 Å². The largest absolute Gasteiger partial charge is 0.497 e. The van der Waals surface area contributed by atoms with Gasteiger partial charge < -0.3 is 14.5 Å². The smallest absolute Gasteiger partial charge is 0.269 e. The predicted octanol–water partition coefficient (Wildman–Crippen LogP) is 3.95. The second-order valence-corrected chi connectivity index (χ2v) is 8.02. The molecular weight excluding hydrogens is 440 g/mol. The van der Waals surface area contributed by atoms with Crippen molar-refractivity contribution < 1.29 is 19.1 Å². The second kappa shape index (κ2) is 10.1. The van der Waals surface area contributed by atoms with E-state index in [0.717, 1.165) is 21.8 Å². The predicted molar refractivity (Wildman–Crippen MR) is 127 cm³/mol. The number of nitrogens with one attached hydrogen (secondary N) is 3. The Balaban J connectivity index is 1.32. The number of hydrogen-bond donors (Lipinski definition) is 3. The van der Waals surface area contributed by atoms with Crippen molar-refractivity contribution in [3.05, 3.63) is 83.4 Å². The molecule has 1 aromatic heterocycles. The van der Waals surface area contributed by atoms with Gasteiger partial charge in [-0.2, -0.15) is 0 Å². The summed E-state index contributed by atoms with van der Waals surface area (Å²) < 4.78 is 10.3. The van der Waals surface area contributed by atoms with Gasteiger partial charge in [0.1, 0.15) is 11.5 Å². The van der Waals surface area contributed by atoms with Crippen LogP contribution in [0.1, 0.15) is 26.3 Å². The van der Waals surface area contributed by atoms with E-state index in [1.165, 1.54) is 14.2 Å². The molecule has 0 bridgehead atoms. The Labute approximate surface area is 194 Å². The van der Waals surface area contributed by atoms with Crippen molar-refractivity contribution in [2.45, 2.75) is 10.9 Å². The molecule has 0 unspecified atom stereocenters. The maximum Gasteiger partial charge on any atom is 0.269 e. The van der Waals surface area contributed by atoms with Crippen LogP contribution >= 0.6 is 11.8 Å². The van der Waals surface area contributed by atoms with Crippen LogP contribution in [-0.2, 0) is 5.75 Å². The standard InChI is InChI=1S/C24H22N4O4S/c1-31-18-11-17(12-19(13-18)32-2)23(30)28-27-22(29)16-9-7-15(8-10-16)14-33-24-25-20-5-3-4-6-21(20)26-24/h3-13H,14H2,1-2H3,(H,25,26)(H,27,29)(H,28,30). The Kier molecular flexibility index (Phi) is 6.80. The lowest BCUT2D eigenvalue weighted by Gasteiger charge is -2.10. The number of rotatable bonds is 7. The van der Waals surface area contributed by atoms with Gasteiger partial charge in [0.25, 0.3) is 11.8 Å². The minimum Gasteiger partial charge on any atom is -0.497 e. The Morgan fingerprint density at radius 3 is 2.15 bits per heavy atom. The number of hydrogen-bond acceptors (Lipinski definition) is 6. The lowest BCUT2D eigenvalue weighted by atomic mass is 10.1. The molecule has 0 aliphatic rings. The van der Waals surface area contributed by atoms with E-state index >= 15 is 0 Å². The van der Waals surface area contributed by atoms with Crippen molar-refractivity contribution in [1.82, 2.24) is 20.8 Å². The molecule has 8 nitrogen and oxygen atoms in total. The zero-order valence-corrected chi connectivity index (χ0v) is 18.9. The van der Waals surface area contributed by atoms with Crippen molar-refractivity contribution in [1.29, 1.82) is 0 Å². The van der Waals surface area contributed by atoms with Crippen LogP contribution in [0, 0.1) is 0 Å². The molecule has 4 rings (SSSR count). The highest BCUT2D eigenvalue weighted by atomic mass is 32.2. The number of methoxy groups -OCH3 is 2. The van der Waals surface area contributed by atoms with Crippen LogP contribution in [-0.4, -0.2) is 36.0 Å². The second-order valence-electron chi connectivity index (χ2n) is 7.05. The SMILES string of the molecule is COc1cc(OC)cc(C(=O)NNC(=O)c2ccc(CSc3nc4ccccc4[nH]3)cc2)c1. The monoisotopic (exact) mass is 462 g/mol. The number of amides is 2. The normalized spacial score (nSPS) is 10.6. The van der Waals surface area contributed by atoms with Crippen LogP contribution in [0.25, 0.3) is 11.0 Å². The Morgan fingerprint density at radius 2 is 1.52 bits per heavy atom. The number of H-pyrrole nitrogens is 1. The van der Waals surface area contributed by atoms with Gasteiger partial charge in [0, 0.05) is 22.9 Å². The van der Waals surface area contributed by atoms with E-state index in [1.54, 1.807) is 42.1 Å². The number of carbonyl (C=O) groups is 2. The van der Waals surface area contributed by atoms with Crippen molar-refractivity contribution in [3.63, 3.8) is 0 Å². The Morgan fingerprint density at radius 1 is 0.879 bits per heavy atom. The summed E-state index contributed by atoms with van der Waals surface area (Å²) in [7, 11) is 2.99. The third-order valence-corrected chi connectivity index (χ3v) is 5.81. The highest BCUT2D eigenvalue weighted by Gasteiger charge is 2.12. The van der Waals surface area contributed by atoms with Crippen LogP contribution in [0.4, 0.5) is 0 Å². The number of aromatic nitrogens is 2. The van der Waals surface area contributed by atoms with Crippen LogP contribution in [0.2, 0.25) is 0 Å². The molecule has 0 saturated carbocycles. The lowest BCUT2D eigenvalue weighted by molar-refractivity contribution is 0.0846. The summed E-state index contributed by atoms with van der Waals surface area (Å²) in [6.45, 7) is 0. The van der Waals surface area contributed by atoms with Crippen molar-refractivity contribution in [3.8, 4) is 11.5 Å². The molecule has 168 valence electrons. The van der Waals surface area contributed by atoms with Gasteiger partial charge in [-0.25, -0.2) is 4.98 Å². The molecule has 3 N–H and O–H groups in total. The first-order valence-electron chi connectivity index (χ1n) is 10.1. The van der Waals surface area contributed by atoms with Crippen molar-refractivity contribution >= 4 is 34.6 Å². The summed E-state index contributed by atoms with van der Waals surface area (Å²) >= 11 is 1.59. The number of aromatic amines is 1. The fourth-order valence-corrected chi connectivity index (χ4v) is 3.94. The van der Waals surface area contributed by atoms with Gasteiger partial charge in [-0.05, 0) is 42.0 Å². The van der Waals surface area contributed by atoms with Crippen molar-refractivity contribution in [2.75, 3.05) is 14.2 Å². The van der Waals surface area contributed by atoms with Gasteiger partial charge in [0.05, 0.1) is 25.3 Å². The van der Waals surface area contributed by atoms with Gasteiger partial charge >= 0.3 is 0 Å². The molecule has 0 fully saturated rings. The number of thioether (sulfide) groups is 1. The first-order valence-corrected chi connectivity index (χ1v) is 11.0. The maximum atomic E-state index is 12.4. The van der Waals surface area contributed by atoms with E-state index in [2.05, 4.69) is 20.8 Å². The summed E-state index contributed by atoms with van der Waals surface area (Å²) in [6.07, 6.45) is 0. The van der Waals surface area contributed by atoms with Crippen LogP contribution in [0.3, 0.4) is 0 Å². The molecule has 3 aromatic carbocycles. The number of nitrogens with zero attached hydrogens (tertiary/aromatic N) is 1. The highest BCUT2D eigenvalue weighted by Crippen LogP contribution is 2.24. The third-order valence-electron chi connectivity index (χ3n) is 4.86. The Hall–Kier alpha value is -3.98. The average Bonchev–Trinajstić information content (AvgIpc) is 3.28. The molecule has 0 saturated heterocycles. The molecule has 0 spiro atoms. The molecule has 4 aromatic rings. The molecule has 2 amide bonds. The summed E-state index contributed by atoms with van der Waals surface area (Å²) in [4.78, 5) is 32.7.